The van der Waals surface area contributed by atoms with Crippen LogP contribution in [0.3, 0.4) is 0 Å². The van der Waals surface area contributed by atoms with Crippen LogP contribution in [0, 0.1) is 5.92 Å². The number of sulfonamides is 1. The van der Waals surface area contributed by atoms with Gasteiger partial charge in [0.1, 0.15) is 0 Å². The summed E-state index contributed by atoms with van der Waals surface area (Å²) in [6, 6.07) is 0.522. The molecule has 15 heavy (non-hydrogen) atoms. The van der Waals surface area contributed by atoms with Crippen molar-refractivity contribution in [2.75, 3.05) is 18.8 Å². The highest BCUT2D eigenvalue weighted by atomic mass is 32.2. The first-order valence-corrected chi connectivity index (χ1v) is 7.52. The summed E-state index contributed by atoms with van der Waals surface area (Å²) in [5, 5.41) is 3.36. The maximum Gasteiger partial charge on any atom is 0.211 e. The first kappa shape index (κ1) is 11.4. The quantitative estimate of drug-likeness (QED) is 0.699. The molecule has 1 aliphatic carbocycles. The third kappa shape index (κ3) is 4.09. The smallest absolute Gasteiger partial charge is 0.211 e. The Morgan fingerprint density at radius 2 is 2.07 bits per heavy atom. The van der Waals surface area contributed by atoms with E-state index in [1.807, 2.05) is 0 Å². The van der Waals surface area contributed by atoms with Crippen molar-refractivity contribution in [1.82, 2.24) is 10.0 Å². The van der Waals surface area contributed by atoms with Crippen LogP contribution in [0.2, 0.25) is 0 Å². The van der Waals surface area contributed by atoms with Crippen molar-refractivity contribution in [3.05, 3.63) is 0 Å². The van der Waals surface area contributed by atoms with E-state index in [0.717, 1.165) is 25.8 Å². The van der Waals surface area contributed by atoms with Crippen LogP contribution in [0.4, 0.5) is 0 Å². The summed E-state index contributed by atoms with van der Waals surface area (Å²) >= 11 is 0. The van der Waals surface area contributed by atoms with Crippen LogP contribution in [0.25, 0.3) is 0 Å². The van der Waals surface area contributed by atoms with E-state index in [9.17, 15) is 8.42 Å². The number of nitrogens with one attached hydrogen (secondary N) is 2. The van der Waals surface area contributed by atoms with Gasteiger partial charge in [-0.1, -0.05) is 0 Å². The zero-order valence-electron chi connectivity index (χ0n) is 9.04. The molecule has 1 saturated heterocycles. The average molecular weight is 232 g/mol. The van der Waals surface area contributed by atoms with E-state index >= 15 is 0 Å². The molecule has 1 heterocycles. The van der Waals surface area contributed by atoms with Crippen molar-refractivity contribution in [3.8, 4) is 0 Å². The molecule has 0 bridgehead atoms. The molecule has 0 radical (unpaired) electrons. The molecule has 88 valence electrons. The molecule has 1 atom stereocenters. The molecule has 2 rings (SSSR count). The summed E-state index contributed by atoms with van der Waals surface area (Å²) in [4.78, 5) is 0. The molecule has 2 aliphatic rings. The molecule has 0 aromatic carbocycles. The minimum atomic E-state index is -2.99. The second-order valence-corrected chi connectivity index (χ2v) is 6.55. The Morgan fingerprint density at radius 1 is 1.27 bits per heavy atom. The highest BCUT2D eigenvalue weighted by molar-refractivity contribution is 7.89. The molecule has 5 heteroatoms. The van der Waals surface area contributed by atoms with Crippen LogP contribution < -0.4 is 10.0 Å². The predicted octanol–water partition coefficient (Wildman–Crippen LogP) is 0.458. The van der Waals surface area contributed by atoms with Crippen LogP contribution in [-0.4, -0.2) is 33.3 Å². The van der Waals surface area contributed by atoms with Crippen LogP contribution >= 0.6 is 0 Å². The fourth-order valence-corrected chi connectivity index (χ4v) is 3.55. The van der Waals surface area contributed by atoms with E-state index in [0.29, 0.717) is 24.3 Å². The van der Waals surface area contributed by atoms with E-state index < -0.39 is 10.0 Å². The molecule has 2 N–H and O–H groups in total. The first-order chi connectivity index (χ1) is 7.16. The van der Waals surface area contributed by atoms with E-state index in [1.54, 1.807) is 0 Å². The zero-order chi connectivity index (χ0) is 10.7. The molecular weight excluding hydrogens is 212 g/mol. The summed E-state index contributed by atoms with van der Waals surface area (Å²) in [5.41, 5.74) is 0. The summed E-state index contributed by atoms with van der Waals surface area (Å²) in [7, 11) is -2.99. The van der Waals surface area contributed by atoms with Gasteiger partial charge >= 0.3 is 0 Å². The Labute approximate surface area is 91.9 Å². The Morgan fingerprint density at radius 3 is 2.67 bits per heavy atom. The molecule has 2 fully saturated rings. The maximum absolute atomic E-state index is 11.5. The molecule has 4 nitrogen and oxygen atoms in total. The third-order valence-electron chi connectivity index (χ3n) is 3.13. The fourth-order valence-electron chi connectivity index (χ4n) is 2.05. The average Bonchev–Trinajstić information content (AvgIpc) is 2.81. The molecule has 0 amide bonds. The number of hydrogen-bond donors (Lipinski definition) is 2. The van der Waals surface area contributed by atoms with Crippen molar-refractivity contribution in [3.63, 3.8) is 0 Å². The maximum atomic E-state index is 11.5. The lowest BCUT2D eigenvalue weighted by Crippen LogP contribution is -2.32. The Bertz CT molecular complexity index is 293. The summed E-state index contributed by atoms with van der Waals surface area (Å²) in [5.74, 6) is 0.776. The fraction of sp³-hybridized carbons (Fsp3) is 1.00. The van der Waals surface area contributed by atoms with Gasteiger partial charge in [0.15, 0.2) is 0 Å². The molecule has 0 aromatic rings. The van der Waals surface area contributed by atoms with Crippen LogP contribution in [-0.2, 0) is 10.0 Å². The lowest BCUT2D eigenvalue weighted by molar-refractivity contribution is 0.538. The van der Waals surface area contributed by atoms with E-state index in [4.69, 9.17) is 0 Å². The molecule has 0 aromatic heterocycles. The minimum Gasteiger partial charge on any atom is -0.314 e. The SMILES string of the molecule is O=S(=O)(CC1CC1)NCCC1CCCN1. The van der Waals surface area contributed by atoms with E-state index in [-0.39, 0.29) is 0 Å². The van der Waals surface area contributed by atoms with Crippen molar-refractivity contribution >= 4 is 10.0 Å². The van der Waals surface area contributed by atoms with Gasteiger partial charge in [0.25, 0.3) is 0 Å². The molecular formula is C10H20N2O2S. The molecule has 1 saturated carbocycles. The van der Waals surface area contributed by atoms with E-state index in [1.165, 1.54) is 12.8 Å². The molecule has 1 aliphatic heterocycles. The van der Waals surface area contributed by atoms with Crippen molar-refractivity contribution in [2.24, 2.45) is 5.92 Å². The van der Waals surface area contributed by atoms with Crippen LogP contribution in [0.15, 0.2) is 0 Å². The Kier molecular flexibility index (Phi) is 3.64. The predicted molar refractivity (Wildman–Crippen MR) is 60.2 cm³/mol. The minimum absolute atomic E-state index is 0.338. The van der Waals surface area contributed by atoms with Gasteiger partial charge < -0.3 is 5.32 Å². The van der Waals surface area contributed by atoms with E-state index in [2.05, 4.69) is 10.0 Å². The third-order valence-corrected chi connectivity index (χ3v) is 4.68. The topological polar surface area (TPSA) is 58.2 Å². The first-order valence-electron chi connectivity index (χ1n) is 5.86. The van der Waals surface area contributed by atoms with Gasteiger partial charge in [0.2, 0.25) is 10.0 Å². The number of hydrogen-bond acceptors (Lipinski definition) is 3. The lowest BCUT2D eigenvalue weighted by Gasteiger charge is -2.10. The molecule has 0 spiro atoms. The second-order valence-electron chi connectivity index (χ2n) is 4.70. The monoisotopic (exact) mass is 232 g/mol. The Hall–Kier alpha value is -0.130. The van der Waals surface area contributed by atoms with Gasteiger partial charge in [-0.3, -0.25) is 0 Å². The summed E-state index contributed by atoms with van der Waals surface area (Å²) < 4.78 is 25.7. The lowest BCUT2D eigenvalue weighted by atomic mass is 10.2. The summed E-state index contributed by atoms with van der Waals surface area (Å²) in [6.45, 7) is 1.67. The van der Waals surface area contributed by atoms with Gasteiger partial charge in [-0.15, -0.1) is 0 Å². The molecule has 1 unspecified atom stereocenters. The highest BCUT2D eigenvalue weighted by Crippen LogP contribution is 2.29. The van der Waals surface area contributed by atoms with Crippen molar-refractivity contribution in [1.29, 1.82) is 0 Å². The highest BCUT2D eigenvalue weighted by Gasteiger charge is 2.27. The largest absolute Gasteiger partial charge is 0.314 e. The van der Waals surface area contributed by atoms with Gasteiger partial charge in [-0.25, -0.2) is 13.1 Å². The second kappa shape index (κ2) is 4.80. The van der Waals surface area contributed by atoms with Crippen LogP contribution in [0.5, 0.6) is 0 Å². The zero-order valence-corrected chi connectivity index (χ0v) is 9.85. The van der Waals surface area contributed by atoms with Gasteiger partial charge in [0.05, 0.1) is 5.75 Å². The van der Waals surface area contributed by atoms with Crippen molar-refractivity contribution in [2.45, 2.75) is 38.1 Å². The summed E-state index contributed by atoms with van der Waals surface area (Å²) in [6.07, 6.45) is 5.50. The van der Waals surface area contributed by atoms with Gasteiger partial charge in [-0.05, 0) is 44.6 Å². The van der Waals surface area contributed by atoms with Crippen molar-refractivity contribution < 1.29 is 8.42 Å². The standard InChI is InChI=1S/C10H20N2O2S/c13-15(14,8-9-3-4-9)12-7-5-10-2-1-6-11-10/h9-12H,1-8H2. The van der Waals surface area contributed by atoms with Crippen LogP contribution in [0.1, 0.15) is 32.1 Å². The van der Waals surface area contributed by atoms with Gasteiger partial charge in [0, 0.05) is 12.6 Å². The normalized spacial score (nSPS) is 27.1. The van der Waals surface area contributed by atoms with Gasteiger partial charge in [-0.2, -0.15) is 0 Å². The number of rotatable bonds is 6. The Balaban J connectivity index is 1.63.